The van der Waals surface area contributed by atoms with Crippen molar-refractivity contribution in [2.45, 2.75) is 81.5 Å². The molecule has 2 aromatic carbocycles. The number of aliphatic hydroxyl groups is 1. The molecule has 1 aromatic heterocycles. The minimum atomic E-state index is -4.87. The second kappa shape index (κ2) is 15.2. The first kappa shape index (κ1) is 37.6. The van der Waals surface area contributed by atoms with Crippen LogP contribution < -0.4 is 20.7 Å². The van der Waals surface area contributed by atoms with Gasteiger partial charge in [0.25, 0.3) is 5.91 Å². The van der Waals surface area contributed by atoms with Crippen molar-refractivity contribution < 1.29 is 46.5 Å². The third kappa shape index (κ3) is 8.49. The number of aliphatic hydroxyl groups excluding tert-OH is 1. The van der Waals surface area contributed by atoms with Gasteiger partial charge < -0.3 is 35.4 Å². The van der Waals surface area contributed by atoms with Gasteiger partial charge in [0.05, 0.1) is 5.69 Å². The van der Waals surface area contributed by atoms with Crippen LogP contribution in [0.5, 0.6) is 5.75 Å². The van der Waals surface area contributed by atoms with Crippen molar-refractivity contribution in [3.8, 4) is 5.75 Å². The summed E-state index contributed by atoms with van der Waals surface area (Å²) in [6.07, 6.45) is -2.15. The maximum Gasteiger partial charge on any atom is 0.415 e. The molecular formula is C38H44F4N6O6. The third-order valence-electron chi connectivity index (χ3n) is 11.0. The van der Waals surface area contributed by atoms with Crippen LogP contribution in [0.15, 0.2) is 54.7 Å². The van der Waals surface area contributed by atoms with Gasteiger partial charge in [-0.2, -0.15) is 18.3 Å². The molecule has 2 aliphatic heterocycles. The summed E-state index contributed by atoms with van der Waals surface area (Å²) < 4.78 is 69.2. The number of rotatable bonds is 12. The highest BCUT2D eigenvalue weighted by Gasteiger charge is 2.49. The molecule has 3 amide bonds. The number of benzene rings is 2. The summed E-state index contributed by atoms with van der Waals surface area (Å²) in [5, 5.41) is 22.2. The van der Waals surface area contributed by atoms with Crippen LogP contribution in [0.2, 0.25) is 0 Å². The van der Waals surface area contributed by atoms with Gasteiger partial charge in [-0.25, -0.2) is 9.18 Å². The standard InChI is InChI=1S/C38H44F4N6O6/c1-47-29(11-14-44-47)34(50)46-33(32(23-7-8-23)24-9-10-24)35(51)45-27-18-30-25(17-26(27)39)28(43-20-31(49)38(40,41)42)19-37(54-30)12-15-48(16-13-37)36(52)53-21-22-5-3-2-4-6-22/h2-6,11,14,17-18,23-24,28,31-33,43,49H,7-10,12-13,15-16,19-21H2,1H3,(H,45,51)(H,46,50)/t28?,31-,33-/m0/s1. The van der Waals surface area contributed by atoms with Gasteiger partial charge in [0.2, 0.25) is 5.91 Å². The summed E-state index contributed by atoms with van der Waals surface area (Å²) >= 11 is 0. The van der Waals surface area contributed by atoms with E-state index in [9.17, 15) is 32.7 Å². The number of aromatic nitrogens is 2. The number of alkyl halides is 3. The molecule has 1 unspecified atom stereocenters. The van der Waals surface area contributed by atoms with Crippen molar-refractivity contribution in [1.82, 2.24) is 25.3 Å². The van der Waals surface area contributed by atoms with Gasteiger partial charge in [-0.1, -0.05) is 30.3 Å². The number of nitrogens with one attached hydrogen (secondary N) is 3. The van der Waals surface area contributed by atoms with E-state index in [1.165, 1.54) is 21.8 Å². The average Bonchev–Trinajstić information content (AvgIpc) is 4.09. The number of hydrogen-bond donors (Lipinski definition) is 4. The van der Waals surface area contributed by atoms with Crippen LogP contribution in [0.1, 0.15) is 72.6 Å². The van der Waals surface area contributed by atoms with Gasteiger partial charge in [0.1, 0.15) is 35.5 Å². The predicted octanol–water partition coefficient (Wildman–Crippen LogP) is 5.24. The lowest BCUT2D eigenvalue weighted by Crippen LogP contribution is -2.53. The van der Waals surface area contributed by atoms with Crippen molar-refractivity contribution in [3.63, 3.8) is 0 Å². The van der Waals surface area contributed by atoms with Crippen LogP contribution in [0.4, 0.5) is 28.0 Å². The molecule has 4 aliphatic rings. The number of fused-ring (bicyclic) bond motifs is 1. The maximum atomic E-state index is 15.9. The van der Waals surface area contributed by atoms with E-state index in [0.717, 1.165) is 37.3 Å². The largest absolute Gasteiger partial charge is 0.487 e. The molecule has 0 bridgehead atoms. The minimum absolute atomic E-state index is 0.0920. The third-order valence-corrected chi connectivity index (χ3v) is 11.0. The van der Waals surface area contributed by atoms with E-state index < -0.39 is 60.2 Å². The summed E-state index contributed by atoms with van der Waals surface area (Å²) in [5.41, 5.74) is 0.143. The van der Waals surface area contributed by atoms with Gasteiger partial charge in [0, 0.05) is 69.8 Å². The van der Waals surface area contributed by atoms with Crippen molar-refractivity contribution in [2.24, 2.45) is 24.8 Å². The van der Waals surface area contributed by atoms with Crippen molar-refractivity contribution >= 4 is 23.6 Å². The molecule has 1 spiro atoms. The van der Waals surface area contributed by atoms with Gasteiger partial charge in [0.15, 0.2) is 6.10 Å². The zero-order chi connectivity index (χ0) is 38.2. The van der Waals surface area contributed by atoms with E-state index in [0.29, 0.717) is 12.8 Å². The first-order valence-electron chi connectivity index (χ1n) is 18.4. The molecule has 3 atom stereocenters. The Morgan fingerprint density at radius 2 is 1.74 bits per heavy atom. The fourth-order valence-corrected chi connectivity index (χ4v) is 7.80. The Morgan fingerprint density at radius 3 is 2.35 bits per heavy atom. The molecule has 0 radical (unpaired) electrons. The van der Waals surface area contributed by atoms with Crippen LogP contribution in [-0.4, -0.2) is 81.3 Å². The fourth-order valence-electron chi connectivity index (χ4n) is 7.80. The van der Waals surface area contributed by atoms with Crippen molar-refractivity contribution in [3.05, 3.63) is 77.4 Å². The summed E-state index contributed by atoms with van der Waals surface area (Å²) in [4.78, 5) is 41.8. The Labute approximate surface area is 309 Å². The Kier molecular flexibility index (Phi) is 10.6. The quantitative estimate of drug-likeness (QED) is 0.184. The van der Waals surface area contributed by atoms with Gasteiger partial charge >= 0.3 is 12.3 Å². The lowest BCUT2D eigenvalue weighted by atomic mass is 9.80. The second-order valence-corrected chi connectivity index (χ2v) is 14.9. The molecule has 16 heteroatoms. The second-order valence-electron chi connectivity index (χ2n) is 14.9. The normalized spacial score (nSPS) is 20.5. The lowest BCUT2D eigenvalue weighted by Gasteiger charge is -2.47. The highest BCUT2D eigenvalue weighted by Crippen LogP contribution is 2.51. The number of piperidine rings is 1. The number of halogens is 4. The van der Waals surface area contributed by atoms with E-state index in [1.54, 1.807) is 13.1 Å². The summed E-state index contributed by atoms with van der Waals surface area (Å²) in [6, 6.07) is 11.4. The predicted molar refractivity (Wildman–Crippen MR) is 187 cm³/mol. The maximum absolute atomic E-state index is 15.9. The van der Waals surface area contributed by atoms with Gasteiger partial charge in [-0.3, -0.25) is 14.3 Å². The van der Waals surface area contributed by atoms with Crippen LogP contribution in [0.25, 0.3) is 0 Å². The summed E-state index contributed by atoms with van der Waals surface area (Å²) in [5.74, 6) is -1.41. The van der Waals surface area contributed by atoms with E-state index >= 15 is 4.39 Å². The number of carbonyl (C=O) groups is 3. The minimum Gasteiger partial charge on any atom is -0.487 e. The SMILES string of the molecule is Cn1nccc1C(=O)N[C@H](C(=O)Nc1cc2c(cc1F)C(NC[C@H](O)C(F)(F)F)CC1(CCN(C(=O)OCc3ccccc3)CC1)O2)C(C1CC1)C1CC1. The van der Waals surface area contributed by atoms with Crippen LogP contribution >= 0.6 is 0 Å². The molecule has 7 rings (SSSR count). The number of ether oxygens (including phenoxy) is 2. The summed E-state index contributed by atoms with van der Waals surface area (Å²) in [6.45, 7) is -0.293. The first-order chi connectivity index (χ1) is 25.8. The van der Waals surface area contributed by atoms with Crippen LogP contribution in [-0.2, 0) is 23.2 Å². The van der Waals surface area contributed by atoms with E-state index in [1.807, 2.05) is 30.3 Å². The van der Waals surface area contributed by atoms with Crippen LogP contribution in [0, 0.1) is 23.6 Å². The monoisotopic (exact) mass is 756 g/mol. The first-order valence-corrected chi connectivity index (χ1v) is 18.4. The number of nitrogens with zero attached hydrogens (tertiary/aromatic N) is 3. The molecule has 290 valence electrons. The van der Waals surface area contributed by atoms with E-state index in [4.69, 9.17) is 9.47 Å². The van der Waals surface area contributed by atoms with Crippen molar-refractivity contribution in [2.75, 3.05) is 25.0 Å². The van der Waals surface area contributed by atoms with Gasteiger partial charge in [-0.05, 0) is 61.1 Å². The molecular weight excluding hydrogens is 712 g/mol. The smallest absolute Gasteiger partial charge is 0.415 e. The number of amides is 3. The fraction of sp³-hybridized carbons (Fsp3) is 0.526. The highest BCUT2D eigenvalue weighted by molar-refractivity contribution is 6.01. The summed E-state index contributed by atoms with van der Waals surface area (Å²) in [7, 11) is 1.62. The molecule has 3 fully saturated rings. The highest BCUT2D eigenvalue weighted by atomic mass is 19.4. The van der Waals surface area contributed by atoms with Gasteiger partial charge in [-0.15, -0.1) is 0 Å². The number of carbonyl (C=O) groups excluding carboxylic acids is 3. The molecule has 3 heterocycles. The number of likely N-dealkylation sites (tertiary alicyclic amines) is 1. The number of aryl methyl sites for hydroxylation is 1. The zero-order valence-electron chi connectivity index (χ0n) is 29.8. The number of hydrogen-bond acceptors (Lipinski definition) is 8. The molecule has 12 nitrogen and oxygen atoms in total. The van der Waals surface area contributed by atoms with E-state index in [2.05, 4.69) is 21.0 Å². The van der Waals surface area contributed by atoms with Crippen LogP contribution in [0.3, 0.4) is 0 Å². The topological polar surface area (TPSA) is 147 Å². The zero-order valence-corrected chi connectivity index (χ0v) is 29.8. The molecule has 1 saturated heterocycles. The molecule has 2 aliphatic carbocycles. The lowest BCUT2D eigenvalue weighted by molar-refractivity contribution is -0.202. The Morgan fingerprint density at radius 1 is 1.06 bits per heavy atom. The molecule has 54 heavy (non-hydrogen) atoms. The molecule has 2 saturated carbocycles. The molecule has 4 N–H and O–H groups in total. The molecule has 3 aromatic rings. The average molecular weight is 757 g/mol. The Bertz CT molecular complexity index is 1830. The van der Waals surface area contributed by atoms with E-state index in [-0.39, 0.29) is 66.6 Å². The number of anilines is 1. The Hall–Kier alpha value is -4.70. The van der Waals surface area contributed by atoms with Crippen molar-refractivity contribution in [1.29, 1.82) is 0 Å². The Balaban J connectivity index is 1.11.